The highest BCUT2D eigenvalue weighted by Gasteiger charge is 2.47. The predicted octanol–water partition coefficient (Wildman–Crippen LogP) is 3.19. The van der Waals surface area contributed by atoms with E-state index in [1.165, 1.54) is 0 Å². The van der Waals surface area contributed by atoms with Crippen LogP contribution in [-0.4, -0.2) is 54.6 Å². The Morgan fingerprint density at radius 1 is 0.935 bits per heavy atom. The molecule has 0 bridgehead atoms. The molecule has 3 aliphatic rings. The molecule has 0 atom stereocenters. The van der Waals surface area contributed by atoms with Gasteiger partial charge in [0.2, 0.25) is 6.79 Å². The topological polar surface area (TPSA) is 59.1 Å². The lowest BCUT2D eigenvalue weighted by molar-refractivity contribution is -0.129. The molecular formula is C24H21ClN2O4. The first kappa shape index (κ1) is 19.8. The third kappa shape index (κ3) is 3.94. The van der Waals surface area contributed by atoms with Crippen LogP contribution in [-0.2, 0) is 4.79 Å². The molecule has 2 saturated heterocycles. The number of benzene rings is 2. The Kier molecular flexibility index (Phi) is 4.99. The van der Waals surface area contributed by atoms with Crippen molar-refractivity contribution in [1.29, 1.82) is 0 Å². The fourth-order valence-electron chi connectivity index (χ4n) is 4.36. The maximum atomic E-state index is 12.6. The Balaban J connectivity index is 1.14. The summed E-state index contributed by atoms with van der Waals surface area (Å²) >= 11 is 5.90. The minimum absolute atomic E-state index is 0.0374. The molecule has 3 heterocycles. The van der Waals surface area contributed by atoms with E-state index < -0.39 is 0 Å². The van der Waals surface area contributed by atoms with Crippen molar-refractivity contribution in [3.05, 3.63) is 58.6 Å². The van der Waals surface area contributed by atoms with Crippen LogP contribution in [0.3, 0.4) is 0 Å². The van der Waals surface area contributed by atoms with Gasteiger partial charge in [0, 0.05) is 53.7 Å². The zero-order chi connectivity index (χ0) is 21.4. The summed E-state index contributed by atoms with van der Waals surface area (Å²) in [5.41, 5.74) is 1.50. The average Bonchev–Trinajstić information content (AvgIpc) is 3.24. The highest BCUT2D eigenvalue weighted by molar-refractivity contribution is 6.30. The molecule has 158 valence electrons. The Bertz CT molecular complexity index is 1090. The van der Waals surface area contributed by atoms with Crippen LogP contribution in [0.15, 0.2) is 42.5 Å². The van der Waals surface area contributed by atoms with Gasteiger partial charge < -0.3 is 19.3 Å². The van der Waals surface area contributed by atoms with Gasteiger partial charge in [0.15, 0.2) is 11.5 Å². The molecule has 2 fully saturated rings. The summed E-state index contributed by atoms with van der Waals surface area (Å²) in [6.07, 6.45) is 1.77. The number of ether oxygens (including phenoxy) is 2. The van der Waals surface area contributed by atoms with Crippen molar-refractivity contribution in [3.8, 4) is 23.3 Å². The molecule has 5 rings (SSSR count). The lowest BCUT2D eigenvalue weighted by atomic mass is 9.71. The van der Waals surface area contributed by atoms with Crippen molar-refractivity contribution in [3.63, 3.8) is 0 Å². The van der Waals surface area contributed by atoms with Crippen LogP contribution >= 0.6 is 11.6 Å². The maximum Gasteiger partial charge on any atom is 0.298 e. The summed E-state index contributed by atoms with van der Waals surface area (Å²) in [6, 6.07) is 12.4. The summed E-state index contributed by atoms with van der Waals surface area (Å²) in [5, 5.41) is 0.621. The number of likely N-dealkylation sites (tertiary alicyclic amines) is 2. The first-order chi connectivity index (χ1) is 15.0. The second-order valence-electron chi connectivity index (χ2n) is 8.28. The number of nitrogens with zero attached hydrogens (tertiary/aromatic N) is 2. The molecule has 6 nitrogen and oxygen atoms in total. The zero-order valence-electron chi connectivity index (χ0n) is 16.9. The highest BCUT2D eigenvalue weighted by Crippen LogP contribution is 2.41. The Morgan fingerprint density at radius 3 is 2.39 bits per heavy atom. The Morgan fingerprint density at radius 2 is 1.65 bits per heavy atom. The number of carbonyl (C=O) groups is 2. The summed E-state index contributed by atoms with van der Waals surface area (Å²) in [7, 11) is 0. The molecule has 3 aliphatic heterocycles. The summed E-state index contributed by atoms with van der Waals surface area (Å²) in [6.45, 7) is 3.01. The highest BCUT2D eigenvalue weighted by atomic mass is 35.5. The van der Waals surface area contributed by atoms with Gasteiger partial charge in [-0.25, -0.2) is 0 Å². The summed E-state index contributed by atoms with van der Waals surface area (Å²) < 4.78 is 10.6. The van der Waals surface area contributed by atoms with Gasteiger partial charge in [0.25, 0.3) is 11.8 Å². The summed E-state index contributed by atoms with van der Waals surface area (Å²) in [4.78, 5) is 28.8. The number of carbonyl (C=O) groups excluding carboxylic acids is 2. The van der Waals surface area contributed by atoms with Gasteiger partial charge >= 0.3 is 0 Å². The van der Waals surface area contributed by atoms with Crippen molar-refractivity contribution >= 4 is 23.4 Å². The van der Waals surface area contributed by atoms with Gasteiger partial charge in [0.05, 0.1) is 0 Å². The maximum absolute atomic E-state index is 12.6. The number of hydrogen-bond donors (Lipinski definition) is 0. The lowest BCUT2D eigenvalue weighted by Gasteiger charge is -2.53. The molecule has 0 saturated carbocycles. The number of rotatable bonds is 1. The van der Waals surface area contributed by atoms with Crippen LogP contribution in [0, 0.1) is 17.3 Å². The van der Waals surface area contributed by atoms with Gasteiger partial charge in [-0.3, -0.25) is 9.59 Å². The van der Waals surface area contributed by atoms with E-state index in [0.717, 1.165) is 31.5 Å². The SMILES string of the molecule is O=C(C#Cc1ccc2c(c1)OCO2)N1CCC2(CC1)CN(C(=O)c1ccc(Cl)cc1)C2. The van der Waals surface area contributed by atoms with Crippen LogP contribution < -0.4 is 9.47 Å². The van der Waals surface area contributed by atoms with E-state index in [1.807, 2.05) is 11.0 Å². The third-order valence-corrected chi connectivity index (χ3v) is 6.48. The van der Waals surface area contributed by atoms with Crippen LogP contribution in [0.5, 0.6) is 11.5 Å². The molecule has 2 aromatic rings. The quantitative estimate of drug-likeness (QED) is 0.644. The van der Waals surface area contributed by atoms with Crippen LogP contribution in [0.4, 0.5) is 0 Å². The number of hydrogen-bond acceptors (Lipinski definition) is 4. The fourth-order valence-corrected chi connectivity index (χ4v) is 4.49. The van der Waals surface area contributed by atoms with Crippen molar-refractivity contribution in [2.45, 2.75) is 12.8 Å². The van der Waals surface area contributed by atoms with Crippen LogP contribution in [0.25, 0.3) is 0 Å². The predicted molar refractivity (Wildman–Crippen MR) is 115 cm³/mol. The molecule has 2 aromatic carbocycles. The van der Waals surface area contributed by atoms with E-state index in [2.05, 4.69) is 11.8 Å². The first-order valence-corrected chi connectivity index (χ1v) is 10.6. The van der Waals surface area contributed by atoms with Crippen molar-refractivity contribution in [2.24, 2.45) is 5.41 Å². The second-order valence-corrected chi connectivity index (χ2v) is 8.71. The van der Waals surface area contributed by atoms with E-state index in [4.69, 9.17) is 21.1 Å². The van der Waals surface area contributed by atoms with E-state index in [-0.39, 0.29) is 24.0 Å². The zero-order valence-corrected chi connectivity index (χ0v) is 17.7. The minimum atomic E-state index is -0.166. The monoisotopic (exact) mass is 436 g/mol. The largest absolute Gasteiger partial charge is 0.454 e. The van der Waals surface area contributed by atoms with E-state index in [9.17, 15) is 9.59 Å². The molecule has 0 radical (unpaired) electrons. The molecule has 0 unspecified atom stereocenters. The number of halogens is 1. The van der Waals surface area contributed by atoms with Crippen molar-refractivity contribution in [2.75, 3.05) is 33.0 Å². The molecule has 1 spiro atoms. The number of piperidine rings is 1. The summed E-state index contributed by atoms with van der Waals surface area (Å²) in [5.74, 6) is 6.89. The number of fused-ring (bicyclic) bond motifs is 1. The van der Waals surface area contributed by atoms with Gasteiger partial charge in [-0.05, 0) is 55.3 Å². The molecule has 2 amide bonds. The van der Waals surface area contributed by atoms with Gasteiger partial charge in [0.1, 0.15) is 0 Å². The first-order valence-electron chi connectivity index (χ1n) is 10.3. The molecule has 0 N–H and O–H groups in total. The molecule has 0 aromatic heterocycles. The van der Waals surface area contributed by atoms with Crippen molar-refractivity contribution < 1.29 is 19.1 Å². The molecule has 0 aliphatic carbocycles. The molecule has 31 heavy (non-hydrogen) atoms. The van der Waals surface area contributed by atoms with Gasteiger partial charge in [-0.2, -0.15) is 0 Å². The van der Waals surface area contributed by atoms with E-state index in [0.29, 0.717) is 35.2 Å². The van der Waals surface area contributed by atoms with E-state index >= 15 is 0 Å². The lowest BCUT2D eigenvalue weighted by Crippen LogP contribution is -2.62. The van der Waals surface area contributed by atoms with Crippen LogP contribution in [0.1, 0.15) is 28.8 Å². The third-order valence-electron chi connectivity index (χ3n) is 6.23. The van der Waals surface area contributed by atoms with Gasteiger partial charge in [-0.15, -0.1) is 0 Å². The van der Waals surface area contributed by atoms with Crippen LogP contribution in [0.2, 0.25) is 5.02 Å². The fraction of sp³-hybridized carbons (Fsp3) is 0.333. The van der Waals surface area contributed by atoms with Crippen molar-refractivity contribution in [1.82, 2.24) is 9.80 Å². The number of amides is 2. The Hall–Kier alpha value is -3.17. The molecular weight excluding hydrogens is 416 g/mol. The smallest absolute Gasteiger partial charge is 0.298 e. The van der Waals surface area contributed by atoms with E-state index in [1.54, 1.807) is 41.3 Å². The molecule has 7 heteroatoms. The Labute approximate surface area is 185 Å². The minimum Gasteiger partial charge on any atom is -0.454 e. The standard InChI is InChI=1S/C24H21ClN2O4/c25-19-5-3-18(4-6-19)23(29)27-14-24(15-27)9-11-26(12-10-24)22(28)8-2-17-1-7-20-21(13-17)31-16-30-20/h1,3-7,13H,9-12,14-16H2. The average molecular weight is 437 g/mol. The van der Waals surface area contributed by atoms with Gasteiger partial charge in [-0.1, -0.05) is 17.5 Å². The second kappa shape index (κ2) is 7.82. The normalized spacial score (nSPS) is 18.2.